The Morgan fingerprint density at radius 1 is 1.30 bits per heavy atom. The lowest BCUT2D eigenvalue weighted by molar-refractivity contribution is -0.159. The fourth-order valence-electron chi connectivity index (χ4n) is 3.00. The number of alkyl halides is 2. The van der Waals surface area contributed by atoms with Crippen LogP contribution in [0.3, 0.4) is 0 Å². The molecular weight excluding hydrogens is 420 g/mol. The molecule has 1 saturated heterocycles. The van der Waals surface area contributed by atoms with E-state index in [4.69, 9.17) is 16.3 Å². The monoisotopic (exact) mass is 437 g/mol. The number of amides is 2. The molecule has 0 bridgehead atoms. The van der Waals surface area contributed by atoms with E-state index in [9.17, 15) is 18.4 Å². The molecule has 3 rings (SSSR count). The summed E-state index contributed by atoms with van der Waals surface area (Å²) in [6, 6.07) is 2.98. The fourth-order valence-corrected chi connectivity index (χ4v) is 3.22. The first-order valence-electron chi connectivity index (χ1n) is 8.89. The molecule has 2 atom stereocenters. The van der Waals surface area contributed by atoms with Crippen LogP contribution in [0.5, 0.6) is 0 Å². The highest BCUT2D eigenvalue weighted by molar-refractivity contribution is 6.31. The summed E-state index contributed by atoms with van der Waals surface area (Å²) in [5, 5.41) is 2.65. The standard InChI is InChI=1S/C19H18ClF2N5O3/c1-3-17(28)27-7-15(30-16(8-27)18(21)22)10-4-12(24-6-11(10)20)13-5-14(19(29)23-2)26-9-25-13/h3-6,9,15-16,18H,1,7-8H2,2H3,(H,23,29)/t15-,16+/m0/s1. The van der Waals surface area contributed by atoms with Crippen molar-refractivity contribution in [2.24, 2.45) is 0 Å². The summed E-state index contributed by atoms with van der Waals surface area (Å²) < 4.78 is 32.2. The maximum atomic E-state index is 13.4. The first-order chi connectivity index (χ1) is 14.3. The molecule has 1 fully saturated rings. The highest BCUT2D eigenvalue weighted by Crippen LogP contribution is 2.33. The number of halogens is 3. The lowest BCUT2D eigenvalue weighted by Crippen LogP contribution is -2.49. The molecule has 0 aromatic carbocycles. The number of morpholine rings is 1. The molecule has 3 heterocycles. The number of carbonyl (C=O) groups is 2. The van der Waals surface area contributed by atoms with E-state index in [-0.39, 0.29) is 23.8 Å². The predicted octanol–water partition coefficient (Wildman–Crippen LogP) is 2.27. The Morgan fingerprint density at radius 2 is 2.03 bits per heavy atom. The molecule has 0 aliphatic carbocycles. The maximum Gasteiger partial charge on any atom is 0.269 e. The van der Waals surface area contributed by atoms with Crippen LogP contribution in [0.15, 0.2) is 37.3 Å². The number of rotatable bonds is 5. The molecule has 1 aliphatic heterocycles. The van der Waals surface area contributed by atoms with Gasteiger partial charge in [-0.25, -0.2) is 18.7 Å². The normalized spacial score (nSPS) is 18.9. The van der Waals surface area contributed by atoms with Crippen molar-refractivity contribution in [3.63, 3.8) is 0 Å². The van der Waals surface area contributed by atoms with Crippen molar-refractivity contribution >= 4 is 23.4 Å². The van der Waals surface area contributed by atoms with E-state index in [2.05, 4.69) is 26.8 Å². The van der Waals surface area contributed by atoms with E-state index >= 15 is 0 Å². The average molecular weight is 438 g/mol. The van der Waals surface area contributed by atoms with E-state index in [0.717, 1.165) is 6.08 Å². The third kappa shape index (κ3) is 4.60. The molecule has 1 aliphatic rings. The van der Waals surface area contributed by atoms with Crippen LogP contribution in [0.4, 0.5) is 8.78 Å². The third-order valence-corrected chi connectivity index (χ3v) is 4.83. The van der Waals surface area contributed by atoms with Gasteiger partial charge in [-0.3, -0.25) is 14.6 Å². The Bertz CT molecular complexity index is 975. The van der Waals surface area contributed by atoms with Gasteiger partial charge in [-0.05, 0) is 18.2 Å². The van der Waals surface area contributed by atoms with Crippen LogP contribution >= 0.6 is 11.6 Å². The van der Waals surface area contributed by atoms with Gasteiger partial charge < -0.3 is 15.0 Å². The molecule has 2 aromatic heterocycles. The zero-order valence-corrected chi connectivity index (χ0v) is 16.6. The fraction of sp³-hybridized carbons (Fsp3) is 0.316. The Balaban J connectivity index is 1.97. The van der Waals surface area contributed by atoms with Crippen molar-refractivity contribution in [3.8, 4) is 11.4 Å². The van der Waals surface area contributed by atoms with E-state index in [1.54, 1.807) is 0 Å². The number of ether oxygens (including phenoxy) is 1. The summed E-state index contributed by atoms with van der Waals surface area (Å²) >= 11 is 6.26. The minimum absolute atomic E-state index is 0.0184. The molecule has 2 aromatic rings. The van der Waals surface area contributed by atoms with E-state index in [1.807, 2.05) is 0 Å². The van der Waals surface area contributed by atoms with Gasteiger partial charge in [-0.1, -0.05) is 18.2 Å². The van der Waals surface area contributed by atoms with Gasteiger partial charge in [0.15, 0.2) is 0 Å². The summed E-state index contributed by atoms with van der Waals surface area (Å²) in [7, 11) is 1.47. The van der Waals surface area contributed by atoms with Gasteiger partial charge in [0.25, 0.3) is 12.3 Å². The molecule has 0 saturated carbocycles. The first-order valence-corrected chi connectivity index (χ1v) is 9.26. The molecule has 1 N–H and O–H groups in total. The summed E-state index contributed by atoms with van der Waals surface area (Å²) in [5.41, 5.74) is 1.18. The lowest BCUT2D eigenvalue weighted by atomic mass is 10.0. The van der Waals surface area contributed by atoms with Crippen LogP contribution in [-0.2, 0) is 9.53 Å². The highest BCUT2D eigenvalue weighted by Gasteiger charge is 2.36. The number of hydrogen-bond donors (Lipinski definition) is 1. The SMILES string of the molecule is C=CC(=O)N1C[C@@H](c2cc(-c3cc(C(=O)NC)ncn3)ncc2Cl)O[C@@H](C(F)F)C1. The van der Waals surface area contributed by atoms with Gasteiger partial charge in [0.1, 0.15) is 24.2 Å². The Morgan fingerprint density at radius 3 is 2.70 bits per heavy atom. The molecule has 11 heteroatoms. The van der Waals surface area contributed by atoms with Crippen LogP contribution in [0.2, 0.25) is 5.02 Å². The number of nitrogens with one attached hydrogen (secondary N) is 1. The Kier molecular flexibility index (Phi) is 6.68. The number of pyridine rings is 1. The van der Waals surface area contributed by atoms with Gasteiger partial charge in [0.2, 0.25) is 5.91 Å². The van der Waals surface area contributed by atoms with E-state index in [0.29, 0.717) is 17.0 Å². The van der Waals surface area contributed by atoms with Crippen molar-refractivity contribution in [1.82, 2.24) is 25.2 Å². The number of hydrogen-bond acceptors (Lipinski definition) is 6. The van der Waals surface area contributed by atoms with Crippen LogP contribution in [0.25, 0.3) is 11.4 Å². The quantitative estimate of drug-likeness (QED) is 0.721. The molecule has 0 unspecified atom stereocenters. The lowest BCUT2D eigenvalue weighted by Gasteiger charge is -2.37. The molecule has 2 amide bonds. The van der Waals surface area contributed by atoms with Crippen LogP contribution in [0.1, 0.15) is 22.2 Å². The smallest absolute Gasteiger partial charge is 0.269 e. The van der Waals surface area contributed by atoms with Crippen molar-refractivity contribution < 1.29 is 23.1 Å². The predicted molar refractivity (Wildman–Crippen MR) is 104 cm³/mol. The van der Waals surface area contributed by atoms with Gasteiger partial charge >= 0.3 is 0 Å². The van der Waals surface area contributed by atoms with Crippen molar-refractivity contribution in [1.29, 1.82) is 0 Å². The summed E-state index contributed by atoms with van der Waals surface area (Å²) in [5.74, 6) is -0.882. The topological polar surface area (TPSA) is 97.3 Å². The van der Waals surface area contributed by atoms with E-state index in [1.165, 1.54) is 36.6 Å². The summed E-state index contributed by atoms with van der Waals surface area (Å²) in [4.78, 5) is 37.3. The largest absolute Gasteiger partial charge is 0.361 e. The Hall–Kier alpha value is -2.98. The van der Waals surface area contributed by atoms with Crippen molar-refractivity contribution in [2.75, 3.05) is 20.1 Å². The van der Waals surface area contributed by atoms with E-state index < -0.39 is 30.4 Å². The number of carbonyl (C=O) groups excluding carboxylic acids is 2. The minimum atomic E-state index is -2.79. The maximum absolute atomic E-state index is 13.4. The first kappa shape index (κ1) is 21.7. The second-order valence-corrected chi connectivity index (χ2v) is 6.81. The second-order valence-electron chi connectivity index (χ2n) is 6.40. The molecule has 158 valence electrons. The second kappa shape index (κ2) is 9.23. The molecule has 0 radical (unpaired) electrons. The zero-order chi connectivity index (χ0) is 21.8. The van der Waals surface area contributed by atoms with Crippen LogP contribution in [-0.4, -0.2) is 64.3 Å². The molecule has 30 heavy (non-hydrogen) atoms. The third-order valence-electron chi connectivity index (χ3n) is 4.51. The van der Waals surface area contributed by atoms with Gasteiger partial charge in [0.05, 0.1) is 29.5 Å². The molecule has 8 nitrogen and oxygen atoms in total. The Labute approximate surface area is 175 Å². The average Bonchev–Trinajstić information content (AvgIpc) is 2.77. The van der Waals surface area contributed by atoms with Gasteiger partial charge in [-0.2, -0.15) is 0 Å². The molecular formula is C19H18ClF2N5O3. The minimum Gasteiger partial charge on any atom is -0.361 e. The van der Waals surface area contributed by atoms with Gasteiger partial charge in [0, 0.05) is 18.8 Å². The molecule has 0 spiro atoms. The van der Waals surface area contributed by atoms with Gasteiger partial charge in [-0.15, -0.1) is 0 Å². The highest BCUT2D eigenvalue weighted by atomic mass is 35.5. The van der Waals surface area contributed by atoms with Crippen LogP contribution in [0, 0.1) is 0 Å². The van der Waals surface area contributed by atoms with Crippen molar-refractivity contribution in [2.45, 2.75) is 18.6 Å². The summed E-state index contributed by atoms with van der Waals surface area (Å²) in [6.07, 6.45) is -1.56. The number of aromatic nitrogens is 3. The summed E-state index contributed by atoms with van der Waals surface area (Å²) in [6.45, 7) is 3.17. The zero-order valence-electron chi connectivity index (χ0n) is 15.9. The van der Waals surface area contributed by atoms with Crippen molar-refractivity contribution in [3.05, 3.63) is 53.6 Å². The number of nitrogens with zero attached hydrogens (tertiary/aromatic N) is 4. The van der Waals surface area contributed by atoms with Crippen LogP contribution < -0.4 is 5.32 Å².